The number of hydrogen-bond acceptors (Lipinski definition) is 1. The first-order chi connectivity index (χ1) is 7.18. The Morgan fingerprint density at radius 1 is 1.00 bits per heavy atom. The Hall–Kier alpha value is -0.630. The zero-order valence-electron chi connectivity index (χ0n) is 9.51. The molecule has 0 N–H and O–H groups in total. The van der Waals surface area contributed by atoms with E-state index in [1.165, 1.54) is 35.6 Å². The number of rotatable bonds is 0. The molecule has 0 aromatic heterocycles. The maximum absolute atomic E-state index is 11.6. The van der Waals surface area contributed by atoms with Crippen LogP contribution in [0.4, 0.5) is 0 Å². The average molecular weight is 222 g/mol. The van der Waals surface area contributed by atoms with Crippen molar-refractivity contribution in [3.8, 4) is 0 Å². The van der Waals surface area contributed by atoms with Crippen molar-refractivity contribution >= 4 is 21.1 Å². The lowest BCUT2D eigenvalue weighted by Crippen LogP contribution is -2.13. The molecule has 1 aliphatic heterocycles. The highest BCUT2D eigenvalue weighted by Crippen LogP contribution is 2.29. The van der Waals surface area contributed by atoms with E-state index in [2.05, 4.69) is 12.2 Å². The van der Waals surface area contributed by atoms with Crippen LogP contribution in [-0.2, 0) is 4.79 Å². The molecule has 0 spiro atoms. The van der Waals surface area contributed by atoms with Crippen molar-refractivity contribution in [3.05, 3.63) is 23.3 Å². The second-order valence-corrected chi connectivity index (χ2v) is 6.62. The zero-order valence-corrected chi connectivity index (χ0v) is 10.3. The van der Waals surface area contributed by atoms with Crippen molar-refractivity contribution in [2.75, 3.05) is 11.5 Å². The predicted molar refractivity (Wildman–Crippen MR) is 68.7 cm³/mol. The Labute approximate surface area is 94.2 Å². The summed E-state index contributed by atoms with van der Waals surface area (Å²) in [5, 5.41) is 0. The summed E-state index contributed by atoms with van der Waals surface area (Å²) in [4.78, 5) is 13.0. The zero-order chi connectivity index (χ0) is 10.8. The van der Waals surface area contributed by atoms with E-state index in [4.69, 9.17) is 0 Å². The minimum absolute atomic E-state index is 0.222. The third-order valence-corrected chi connectivity index (χ3v) is 5.51. The molecule has 0 unspecified atom stereocenters. The van der Waals surface area contributed by atoms with Gasteiger partial charge in [-0.2, -0.15) is 10.5 Å². The summed E-state index contributed by atoms with van der Waals surface area (Å²) in [6.07, 6.45) is 8.34. The first kappa shape index (κ1) is 10.9. The van der Waals surface area contributed by atoms with Gasteiger partial charge in [0.05, 0.1) is 0 Å². The van der Waals surface area contributed by atoms with Crippen LogP contribution < -0.4 is 0 Å². The van der Waals surface area contributed by atoms with E-state index >= 15 is 0 Å². The second kappa shape index (κ2) is 4.48. The highest BCUT2D eigenvalue weighted by atomic mass is 32.2. The van der Waals surface area contributed by atoms with E-state index in [-0.39, 0.29) is 5.78 Å². The van der Waals surface area contributed by atoms with E-state index in [0.717, 1.165) is 11.1 Å². The summed E-state index contributed by atoms with van der Waals surface area (Å²) in [6.45, 7) is 3.87. The largest absolute Gasteiger partial charge is 0.289 e. The molecule has 1 aliphatic carbocycles. The summed E-state index contributed by atoms with van der Waals surface area (Å²) >= 11 is 0. The molecular weight excluding hydrogens is 204 g/mol. The van der Waals surface area contributed by atoms with Crippen LogP contribution in [0.1, 0.15) is 33.1 Å². The van der Waals surface area contributed by atoms with Gasteiger partial charge in [-0.1, -0.05) is 6.42 Å². The summed E-state index contributed by atoms with van der Waals surface area (Å²) in [5.74, 6) is 2.88. The van der Waals surface area contributed by atoms with Gasteiger partial charge < -0.3 is 0 Å². The van der Waals surface area contributed by atoms with Gasteiger partial charge in [-0.3, -0.25) is 4.79 Å². The Morgan fingerprint density at radius 3 is 2.07 bits per heavy atom. The SMILES string of the molecule is CC1=CC(=S2CCCCC2)C=C(C)C1=O. The van der Waals surface area contributed by atoms with Crippen LogP contribution in [0, 0.1) is 0 Å². The van der Waals surface area contributed by atoms with Gasteiger partial charge in [0.2, 0.25) is 0 Å². The maximum atomic E-state index is 11.6. The van der Waals surface area contributed by atoms with E-state index in [0.29, 0.717) is 10.5 Å². The monoisotopic (exact) mass is 222 g/mol. The van der Waals surface area contributed by atoms with Gasteiger partial charge in [-0.05, 0) is 66.4 Å². The number of hydrogen-bond donors (Lipinski definition) is 0. The average Bonchev–Trinajstić information content (AvgIpc) is 2.26. The molecule has 15 heavy (non-hydrogen) atoms. The third kappa shape index (κ3) is 2.31. The standard InChI is InChI=1S/C13H18OS/c1-10-8-12(9-11(2)13(10)14)15-6-4-3-5-7-15/h8-9H,3-7H2,1-2H3. The smallest absolute Gasteiger partial charge is 0.184 e. The van der Waals surface area contributed by atoms with Gasteiger partial charge in [0.25, 0.3) is 0 Å². The summed E-state index contributed by atoms with van der Waals surface area (Å²) in [7, 11) is 0.424. The maximum Gasteiger partial charge on any atom is 0.184 e. The molecule has 0 aromatic carbocycles. The molecule has 0 amide bonds. The second-order valence-electron chi connectivity index (χ2n) is 4.35. The first-order valence-electron chi connectivity index (χ1n) is 5.64. The predicted octanol–water partition coefficient (Wildman–Crippen LogP) is 3.09. The molecule has 0 bridgehead atoms. The molecule has 0 atom stereocenters. The molecule has 0 radical (unpaired) electrons. The van der Waals surface area contributed by atoms with Gasteiger partial charge in [0.15, 0.2) is 5.78 Å². The summed E-state index contributed by atoms with van der Waals surface area (Å²) < 4.78 is 0. The lowest BCUT2D eigenvalue weighted by atomic mass is 9.99. The Balaban J connectivity index is 2.33. The molecule has 2 rings (SSSR count). The van der Waals surface area contributed by atoms with Crippen molar-refractivity contribution < 1.29 is 4.79 Å². The van der Waals surface area contributed by atoms with Crippen molar-refractivity contribution in [1.82, 2.24) is 0 Å². The quantitative estimate of drug-likeness (QED) is 0.576. The fourth-order valence-corrected chi connectivity index (χ4v) is 4.61. The van der Waals surface area contributed by atoms with Crippen LogP contribution in [0.15, 0.2) is 23.3 Å². The van der Waals surface area contributed by atoms with Crippen LogP contribution in [-0.4, -0.2) is 22.2 Å². The summed E-state index contributed by atoms with van der Waals surface area (Å²) in [6, 6.07) is 0. The normalized spacial score (nSPS) is 23.9. The minimum Gasteiger partial charge on any atom is -0.289 e. The van der Waals surface area contributed by atoms with Crippen molar-refractivity contribution in [3.63, 3.8) is 0 Å². The molecule has 1 nitrogen and oxygen atoms in total. The highest BCUT2D eigenvalue weighted by Gasteiger charge is 2.15. The number of carbonyl (C=O) groups is 1. The molecule has 2 heteroatoms. The fourth-order valence-electron chi connectivity index (χ4n) is 2.14. The molecular formula is C13H18OS. The van der Waals surface area contributed by atoms with E-state index in [1.807, 2.05) is 13.8 Å². The molecule has 0 aromatic rings. The van der Waals surface area contributed by atoms with E-state index < -0.39 is 0 Å². The lowest BCUT2D eigenvalue weighted by molar-refractivity contribution is -0.112. The van der Waals surface area contributed by atoms with Crippen LogP contribution in [0.3, 0.4) is 0 Å². The Morgan fingerprint density at radius 2 is 1.53 bits per heavy atom. The fraction of sp³-hybridized carbons (Fsp3) is 0.538. The van der Waals surface area contributed by atoms with Gasteiger partial charge in [-0.25, -0.2) is 0 Å². The minimum atomic E-state index is 0.222. The number of carbonyl (C=O) groups excluding carboxylic acids is 1. The lowest BCUT2D eigenvalue weighted by Gasteiger charge is -2.20. The Kier molecular flexibility index (Phi) is 3.25. The molecule has 1 saturated heterocycles. The molecule has 1 fully saturated rings. The topological polar surface area (TPSA) is 17.1 Å². The van der Waals surface area contributed by atoms with Crippen molar-refractivity contribution in [1.29, 1.82) is 0 Å². The van der Waals surface area contributed by atoms with Crippen LogP contribution in [0.25, 0.3) is 0 Å². The van der Waals surface area contributed by atoms with Gasteiger partial charge in [-0.15, -0.1) is 0 Å². The highest BCUT2D eigenvalue weighted by molar-refractivity contribution is 8.16. The van der Waals surface area contributed by atoms with Crippen LogP contribution in [0.5, 0.6) is 0 Å². The van der Waals surface area contributed by atoms with Gasteiger partial charge in [0, 0.05) is 0 Å². The van der Waals surface area contributed by atoms with Gasteiger partial charge in [0.1, 0.15) is 0 Å². The molecule has 1 heterocycles. The number of Topliss-reactive ketones (excluding diaryl/α,β-unsaturated/α-hetero) is 1. The molecule has 82 valence electrons. The molecule has 2 aliphatic rings. The van der Waals surface area contributed by atoms with Crippen molar-refractivity contribution in [2.24, 2.45) is 0 Å². The van der Waals surface area contributed by atoms with Crippen LogP contribution >= 0.6 is 10.5 Å². The Bertz CT molecular complexity index is 353. The first-order valence-corrected chi connectivity index (χ1v) is 7.20. The van der Waals surface area contributed by atoms with E-state index in [1.54, 1.807) is 0 Å². The number of ketones is 1. The third-order valence-electron chi connectivity index (χ3n) is 3.05. The summed E-state index contributed by atoms with van der Waals surface area (Å²) in [5.41, 5.74) is 1.84. The van der Waals surface area contributed by atoms with Gasteiger partial charge >= 0.3 is 0 Å². The van der Waals surface area contributed by atoms with Crippen molar-refractivity contribution in [2.45, 2.75) is 33.1 Å². The number of allylic oxidation sites excluding steroid dienone is 4. The molecule has 0 saturated carbocycles. The van der Waals surface area contributed by atoms with Crippen LogP contribution in [0.2, 0.25) is 0 Å². The van der Waals surface area contributed by atoms with E-state index in [9.17, 15) is 4.79 Å².